The van der Waals surface area contributed by atoms with E-state index in [1.54, 1.807) is 25.5 Å². The van der Waals surface area contributed by atoms with E-state index in [1.165, 1.54) is 0 Å². The second-order valence-electron chi connectivity index (χ2n) is 3.36. The van der Waals surface area contributed by atoms with E-state index >= 15 is 0 Å². The number of hydrogen-bond acceptors (Lipinski definition) is 3. The van der Waals surface area contributed by atoms with Crippen molar-refractivity contribution >= 4 is 5.78 Å². The molecule has 0 saturated heterocycles. The highest BCUT2D eigenvalue weighted by molar-refractivity contribution is 5.77. The number of aromatic amines is 1. The number of hydrogen-bond donors (Lipinski definition) is 1. The molecule has 2 aromatic rings. The summed E-state index contributed by atoms with van der Waals surface area (Å²) in [5.41, 5.74) is 1.86. The third-order valence-corrected chi connectivity index (χ3v) is 2.02. The third-order valence-electron chi connectivity index (χ3n) is 2.02. The lowest BCUT2D eigenvalue weighted by molar-refractivity contribution is -0.116. The standard InChI is InChI=1S/C11H11N3O/c1-8(15)5-11-13-7-10(14-11)9-3-2-4-12-6-9/h2-4,6-7H,5H2,1H3,(H,13,14). The number of rotatable bonds is 3. The van der Waals surface area contributed by atoms with Gasteiger partial charge >= 0.3 is 0 Å². The maximum absolute atomic E-state index is 10.9. The van der Waals surface area contributed by atoms with E-state index in [0.29, 0.717) is 12.2 Å². The van der Waals surface area contributed by atoms with Gasteiger partial charge in [0.15, 0.2) is 0 Å². The molecule has 0 aliphatic rings. The number of nitrogens with zero attached hydrogens (tertiary/aromatic N) is 2. The Kier molecular flexibility index (Phi) is 2.58. The zero-order valence-corrected chi connectivity index (χ0v) is 8.40. The summed E-state index contributed by atoms with van der Waals surface area (Å²) in [6, 6.07) is 3.80. The van der Waals surface area contributed by atoms with E-state index in [0.717, 1.165) is 11.3 Å². The fourth-order valence-electron chi connectivity index (χ4n) is 1.36. The molecule has 0 atom stereocenters. The lowest BCUT2D eigenvalue weighted by Gasteiger charge is -1.94. The Balaban J connectivity index is 2.24. The quantitative estimate of drug-likeness (QED) is 0.820. The highest BCUT2D eigenvalue weighted by atomic mass is 16.1. The van der Waals surface area contributed by atoms with E-state index in [1.807, 2.05) is 12.1 Å². The van der Waals surface area contributed by atoms with Crippen LogP contribution in [0.3, 0.4) is 0 Å². The maximum atomic E-state index is 10.9. The maximum Gasteiger partial charge on any atom is 0.137 e. The largest absolute Gasteiger partial charge is 0.342 e. The van der Waals surface area contributed by atoms with Gasteiger partial charge in [-0.05, 0) is 19.1 Å². The smallest absolute Gasteiger partial charge is 0.137 e. The van der Waals surface area contributed by atoms with Gasteiger partial charge in [-0.25, -0.2) is 4.98 Å². The van der Waals surface area contributed by atoms with Crippen molar-refractivity contribution in [3.8, 4) is 11.3 Å². The van der Waals surface area contributed by atoms with Crippen molar-refractivity contribution in [3.63, 3.8) is 0 Å². The highest BCUT2D eigenvalue weighted by Gasteiger charge is 2.04. The van der Waals surface area contributed by atoms with Crippen molar-refractivity contribution in [2.75, 3.05) is 0 Å². The predicted molar refractivity (Wildman–Crippen MR) is 56.2 cm³/mol. The Labute approximate surface area is 87.4 Å². The summed E-state index contributed by atoms with van der Waals surface area (Å²) in [5.74, 6) is 0.795. The molecule has 0 bridgehead atoms. The molecule has 0 aliphatic heterocycles. The van der Waals surface area contributed by atoms with Crippen LogP contribution in [0.5, 0.6) is 0 Å². The number of H-pyrrole nitrogens is 1. The summed E-state index contributed by atoms with van der Waals surface area (Å²) in [6.07, 6.45) is 5.54. The van der Waals surface area contributed by atoms with E-state index in [2.05, 4.69) is 15.0 Å². The minimum absolute atomic E-state index is 0.0992. The summed E-state index contributed by atoms with van der Waals surface area (Å²) >= 11 is 0. The molecule has 2 heterocycles. The van der Waals surface area contributed by atoms with Gasteiger partial charge in [-0.3, -0.25) is 9.78 Å². The first-order valence-electron chi connectivity index (χ1n) is 4.69. The molecule has 0 unspecified atom stereocenters. The summed E-state index contributed by atoms with van der Waals surface area (Å²) in [7, 11) is 0. The molecular weight excluding hydrogens is 190 g/mol. The summed E-state index contributed by atoms with van der Waals surface area (Å²) < 4.78 is 0. The van der Waals surface area contributed by atoms with Crippen molar-refractivity contribution in [1.82, 2.24) is 15.0 Å². The van der Waals surface area contributed by atoms with Gasteiger partial charge in [-0.2, -0.15) is 0 Å². The van der Waals surface area contributed by atoms with Crippen LogP contribution in [-0.4, -0.2) is 20.7 Å². The molecule has 0 amide bonds. The Hall–Kier alpha value is -1.97. The molecule has 0 saturated carbocycles. The molecule has 0 radical (unpaired) electrons. The van der Waals surface area contributed by atoms with Crippen LogP contribution in [0.2, 0.25) is 0 Å². The third kappa shape index (κ3) is 2.28. The van der Waals surface area contributed by atoms with Crippen molar-refractivity contribution in [3.05, 3.63) is 36.5 Å². The second kappa shape index (κ2) is 4.04. The van der Waals surface area contributed by atoms with E-state index in [9.17, 15) is 4.79 Å². The number of carbonyl (C=O) groups excluding carboxylic acids is 1. The number of Topliss-reactive ketones (excluding diaryl/α,β-unsaturated/α-hetero) is 1. The van der Waals surface area contributed by atoms with E-state index < -0.39 is 0 Å². The van der Waals surface area contributed by atoms with Gasteiger partial charge in [0, 0.05) is 18.0 Å². The van der Waals surface area contributed by atoms with Crippen LogP contribution in [0.1, 0.15) is 12.7 Å². The molecule has 76 valence electrons. The fraction of sp³-hybridized carbons (Fsp3) is 0.182. The SMILES string of the molecule is CC(=O)Cc1ncc(-c2cccnc2)[nH]1. The van der Waals surface area contributed by atoms with Crippen LogP contribution in [0.4, 0.5) is 0 Å². The van der Waals surface area contributed by atoms with Crippen molar-refractivity contribution in [1.29, 1.82) is 0 Å². The van der Waals surface area contributed by atoms with Crippen LogP contribution in [0, 0.1) is 0 Å². The van der Waals surface area contributed by atoms with Gasteiger partial charge in [0.25, 0.3) is 0 Å². The summed E-state index contributed by atoms with van der Waals surface area (Å²) in [6.45, 7) is 1.55. The van der Waals surface area contributed by atoms with Crippen molar-refractivity contribution in [2.24, 2.45) is 0 Å². The topological polar surface area (TPSA) is 58.6 Å². The Morgan fingerprint density at radius 3 is 3.00 bits per heavy atom. The fourth-order valence-corrected chi connectivity index (χ4v) is 1.36. The molecule has 0 fully saturated rings. The zero-order valence-electron chi connectivity index (χ0n) is 8.40. The molecule has 0 spiro atoms. The average Bonchev–Trinajstić information content (AvgIpc) is 2.67. The van der Waals surface area contributed by atoms with Gasteiger partial charge < -0.3 is 4.98 Å². The molecule has 4 heteroatoms. The summed E-state index contributed by atoms with van der Waals surface area (Å²) in [5, 5.41) is 0. The van der Waals surface area contributed by atoms with Gasteiger partial charge in [-0.1, -0.05) is 0 Å². The number of ketones is 1. The minimum Gasteiger partial charge on any atom is -0.342 e. The van der Waals surface area contributed by atoms with Crippen LogP contribution in [0.15, 0.2) is 30.7 Å². The Morgan fingerprint density at radius 2 is 2.33 bits per heavy atom. The van der Waals surface area contributed by atoms with Crippen LogP contribution >= 0.6 is 0 Å². The lowest BCUT2D eigenvalue weighted by Crippen LogP contribution is -1.97. The first-order chi connectivity index (χ1) is 7.25. The van der Waals surface area contributed by atoms with E-state index in [-0.39, 0.29) is 5.78 Å². The zero-order chi connectivity index (χ0) is 10.7. The number of nitrogens with one attached hydrogen (secondary N) is 1. The van der Waals surface area contributed by atoms with Crippen molar-refractivity contribution < 1.29 is 4.79 Å². The normalized spacial score (nSPS) is 10.2. The van der Waals surface area contributed by atoms with Gasteiger partial charge in [0.1, 0.15) is 11.6 Å². The molecule has 1 N–H and O–H groups in total. The molecule has 2 aromatic heterocycles. The molecule has 2 rings (SSSR count). The van der Waals surface area contributed by atoms with E-state index in [4.69, 9.17) is 0 Å². The molecule has 4 nitrogen and oxygen atoms in total. The first-order valence-corrected chi connectivity index (χ1v) is 4.69. The molecule has 0 aliphatic carbocycles. The first kappa shape index (κ1) is 9.58. The predicted octanol–water partition coefficient (Wildman–Crippen LogP) is 1.60. The van der Waals surface area contributed by atoms with Gasteiger partial charge in [-0.15, -0.1) is 0 Å². The van der Waals surface area contributed by atoms with Crippen LogP contribution in [-0.2, 0) is 11.2 Å². The molecule has 15 heavy (non-hydrogen) atoms. The molecule has 0 aromatic carbocycles. The average molecular weight is 201 g/mol. The van der Waals surface area contributed by atoms with Crippen LogP contribution < -0.4 is 0 Å². The monoisotopic (exact) mass is 201 g/mol. The minimum atomic E-state index is 0.0992. The Bertz CT molecular complexity index is 462. The van der Waals surface area contributed by atoms with Crippen LogP contribution in [0.25, 0.3) is 11.3 Å². The Morgan fingerprint density at radius 1 is 1.47 bits per heavy atom. The second-order valence-corrected chi connectivity index (χ2v) is 3.36. The number of imidazole rings is 1. The molecular formula is C11H11N3O. The lowest BCUT2D eigenvalue weighted by atomic mass is 10.2. The highest BCUT2D eigenvalue weighted by Crippen LogP contribution is 2.14. The number of carbonyl (C=O) groups is 1. The van der Waals surface area contributed by atoms with Gasteiger partial charge in [0.2, 0.25) is 0 Å². The van der Waals surface area contributed by atoms with Crippen molar-refractivity contribution in [2.45, 2.75) is 13.3 Å². The van der Waals surface area contributed by atoms with Gasteiger partial charge in [0.05, 0.1) is 18.3 Å². The number of aromatic nitrogens is 3. The summed E-state index contributed by atoms with van der Waals surface area (Å²) in [4.78, 5) is 22.1. The number of pyridine rings is 1.